The number of hydrogen-bond acceptors (Lipinski definition) is 4. The van der Waals surface area contributed by atoms with E-state index in [1.54, 1.807) is 10.8 Å². The van der Waals surface area contributed by atoms with Gasteiger partial charge in [0.25, 0.3) is 10.0 Å². The van der Waals surface area contributed by atoms with Crippen LogP contribution in [0.3, 0.4) is 0 Å². The van der Waals surface area contributed by atoms with Crippen molar-refractivity contribution in [3.8, 4) is 0 Å². The van der Waals surface area contributed by atoms with Crippen LogP contribution >= 0.6 is 23.6 Å². The van der Waals surface area contributed by atoms with Crippen LogP contribution in [0.2, 0.25) is 0 Å². The third kappa shape index (κ3) is 1.98. The number of rotatable bonds is 3. The summed E-state index contributed by atoms with van der Waals surface area (Å²) >= 11 is 5.69. The summed E-state index contributed by atoms with van der Waals surface area (Å²) in [6.07, 6.45) is 0. The van der Waals surface area contributed by atoms with Crippen LogP contribution in [-0.4, -0.2) is 13.9 Å². The first-order valence-electron chi connectivity index (χ1n) is 2.65. The fourth-order valence-corrected chi connectivity index (χ4v) is 2.70. The Bertz CT molecular complexity index is 327. The maximum absolute atomic E-state index is 11.1. The van der Waals surface area contributed by atoms with Gasteiger partial charge in [-0.15, -0.1) is 0 Å². The fraction of sp³-hybridized carbons (Fsp3) is 0. The van der Waals surface area contributed by atoms with Gasteiger partial charge in [0.15, 0.2) is 0 Å². The van der Waals surface area contributed by atoms with Crippen LogP contribution < -0.4 is 4.72 Å². The zero-order valence-corrected chi connectivity index (χ0v) is 7.80. The van der Waals surface area contributed by atoms with Crippen LogP contribution in [0.4, 0.5) is 0 Å². The van der Waals surface area contributed by atoms with Crippen molar-refractivity contribution in [2.45, 2.75) is 4.90 Å². The van der Waals surface area contributed by atoms with Crippen molar-refractivity contribution >= 4 is 39.1 Å². The lowest BCUT2D eigenvalue weighted by atomic mass is 10.7. The molecule has 1 heterocycles. The van der Waals surface area contributed by atoms with E-state index in [0.29, 0.717) is 0 Å². The lowest BCUT2D eigenvalue weighted by Gasteiger charge is -1.97. The van der Waals surface area contributed by atoms with Gasteiger partial charge in [-0.3, -0.25) is 4.72 Å². The smallest absolute Gasteiger partial charge is 0.262 e. The molecule has 0 atom stereocenters. The van der Waals surface area contributed by atoms with E-state index in [2.05, 4.69) is 16.9 Å². The minimum Gasteiger partial charge on any atom is -0.276 e. The Morgan fingerprint density at radius 1 is 1.64 bits per heavy atom. The molecule has 0 radical (unpaired) electrons. The first-order valence-corrected chi connectivity index (χ1v) is 5.55. The Morgan fingerprint density at radius 2 is 2.36 bits per heavy atom. The molecule has 1 aromatic rings. The molecule has 60 valence electrons. The molecule has 0 fully saturated rings. The van der Waals surface area contributed by atoms with E-state index in [0.717, 1.165) is 5.49 Å². The predicted molar refractivity (Wildman–Crippen MR) is 48.3 cm³/mol. The Hall–Kier alpha value is -0.460. The molecule has 0 saturated carbocycles. The molecule has 6 heteroatoms. The SMILES string of the molecule is O=S(=O)(NC=S)c1ccsc1. The van der Waals surface area contributed by atoms with Gasteiger partial charge in [-0.25, -0.2) is 8.42 Å². The summed E-state index contributed by atoms with van der Waals surface area (Å²) in [6, 6.07) is 1.52. The van der Waals surface area contributed by atoms with Crippen molar-refractivity contribution in [1.82, 2.24) is 4.72 Å². The van der Waals surface area contributed by atoms with Gasteiger partial charge in [-0.1, -0.05) is 12.2 Å². The van der Waals surface area contributed by atoms with E-state index in [1.165, 1.54) is 17.4 Å². The van der Waals surface area contributed by atoms with Gasteiger partial charge in [0.2, 0.25) is 0 Å². The molecular weight excluding hydrogens is 202 g/mol. The maximum Gasteiger partial charge on any atom is 0.262 e. The zero-order valence-electron chi connectivity index (χ0n) is 5.35. The Kier molecular flexibility index (Phi) is 2.58. The van der Waals surface area contributed by atoms with Crippen LogP contribution in [0.15, 0.2) is 21.7 Å². The van der Waals surface area contributed by atoms with Crippen LogP contribution in [0.1, 0.15) is 0 Å². The lowest BCUT2D eigenvalue weighted by molar-refractivity contribution is 0.593. The molecule has 0 bridgehead atoms. The molecule has 0 aliphatic heterocycles. The standard InChI is InChI=1S/C5H5NO2S3/c7-11(8,6-4-9)5-1-2-10-3-5/h1-4H,(H,6,9). The third-order valence-corrected chi connectivity index (χ3v) is 3.41. The summed E-state index contributed by atoms with van der Waals surface area (Å²) in [5.74, 6) is 0. The highest BCUT2D eigenvalue weighted by Crippen LogP contribution is 2.11. The van der Waals surface area contributed by atoms with E-state index < -0.39 is 10.0 Å². The highest BCUT2D eigenvalue weighted by atomic mass is 32.2. The van der Waals surface area contributed by atoms with Crippen molar-refractivity contribution in [2.75, 3.05) is 0 Å². The topological polar surface area (TPSA) is 46.2 Å². The molecule has 11 heavy (non-hydrogen) atoms. The minimum atomic E-state index is -3.37. The van der Waals surface area contributed by atoms with Gasteiger partial charge < -0.3 is 0 Å². The molecule has 0 saturated heterocycles. The quantitative estimate of drug-likeness (QED) is 0.752. The first kappa shape index (κ1) is 8.63. The number of sulfonamides is 1. The Labute approximate surface area is 74.1 Å². The molecular formula is C5H5NO2S3. The van der Waals surface area contributed by atoms with Crippen LogP contribution in [0, 0.1) is 0 Å². The molecule has 0 aliphatic rings. The van der Waals surface area contributed by atoms with Crippen molar-refractivity contribution in [2.24, 2.45) is 0 Å². The largest absolute Gasteiger partial charge is 0.276 e. The summed E-state index contributed by atoms with van der Waals surface area (Å²) in [6.45, 7) is 0. The molecule has 1 rings (SSSR count). The summed E-state index contributed by atoms with van der Waals surface area (Å²) in [5.41, 5.74) is 0.979. The monoisotopic (exact) mass is 207 g/mol. The van der Waals surface area contributed by atoms with Gasteiger partial charge >= 0.3 is 0 Å². The Morgan fingerprint density at radius 3 is 2.82 bits per heavy atom. The average Bonchev–Trinajstić information content (AvgIpc) is 2.37. The normalized spacial score (nSPS) is 10.9. The average molecular weight is 207 g/mol. The maximum atomic E-state index is 11.1. The minimum absolute atomic E-state index is 0.253. The molecule has 1 N–H and O–H groups in total. The third-order valence-electron chi connectivity index (χ3n) is 1.01. The summed E-state index contributed by atoms with van der Waals surface area (Å²) in [5, 5.41) is 3.24. The van der Waals surface area contributed by atoms with Gasteiger partial charge in [-0.2, -0.15) is 11.3 Å². The second-order valence-electron chi connectivity index (χ2n) is 1.70. The summed E-state index contributed by atoms with van der Waals surface area (Å²) < 4.78 is 24.3. The fourth-order valence-electron chi connectivity index (χ4n) is 0.536. The molecule has 0 unspecified atom stereocenters. The molecule has 0 aliphatic carbocycles. The molecule has 0 spiro atoms. The van der Waals surface area contributed by atoms with Crippen LogP contribution in [0.5, 0.6) is 0 Å². The van der Waals surface area contributed by atoms with E-state index in [1.807, 2.05) is 0 Å². The van der Waals surface area contributed by atoms with E-state index in [-0.39, 0.29) is 4.90 Å². The molecule has 1 aromatic heterocycles. The molecule has 0 amide bonds. The Balaban J connectivity index is 3.01. The highest BCUT2D eigenvalue weighted by molar-refractivity contribution is 7.91. The number of hydrogen-bond donors (Lipinski definition) is 1. The van der Waals surface area contributed by atoms with Crippen molar-refractivity contribution < 1.29 is 8.42 Å². The van der Waals surface area contributed by atoms with E-state index in [9.17, 15) is 8.42 Å². The van der Waals surface area contributed by atoms with Crippen molar-refractivity contribution in [1.29, 1.82) is 0 Å². The van der Waals surface area contributed by atoms with Gasteiger partial charge in [0.05, 0.1) is 10.4 Å². The van der Waals surface area contributed by atoms with Gasteiger partial charge in [0, 0.05) is 5.38 Å². The van der Waals surface area contributed by atoms with Crippen molar-refractivity contribution in [3.63, 3.8) is 0 Å². The van der Waals surface area contributed by atoms with Crippen LogP contribution in [0.25, 0.3) is 0 Å². The number of thiophene rings is 1. The molecule has 0 aromatic carbocycles. The summed E-state index contributed by atoms with van der Waals surface area (Å²) in [7, 11) is -3.37. The van der Waals surface area contributed by atoms with Gasteiger partial charge in [0.1, 0.15) is 0 Å². The summed E-state index contributed by atoms with van der Waals surface area (Å²) in [4.78, 5) is 0.253. The number of nitrogens with one attached hydrogen (secondary N) is 1. The highest BCUT2D eigenvalue weighted by Gasteiger charge is 2.10. The number of thiocarbonyl (C=S) groups is 1. The van der Waals surface area contributed by atoms with Gasteiger partial charge in [-0.05, 0) is 11.4 Å². The predicted octanol–water partition coefficient (Wildman–Crippen LogP) is 0.984. The van der Waals surface area contributed by atoms with E-state index in [4.69, 9.17) is 0 Å². The second kappa shape index (κ2) is 3.29. The van der Waals surface area contributed by atoms with Crippen LogP contribution in [-0.2, 0) is 10.0 Å². The lowest BCUT2D eigenvalue weighted by Crippen LogP contribution is -2.20. The molecule has 3 nitrogen and oxygen atoms in total. The zero-order chi connectivity index (χ0) is 8.32. The van der Waals surface area contributed by atoms with Crippen molar-refractivity contribution in [3.05, 3.63) is 16.8 Å². The van der Waals surface area contributed by atoms with E-state index >= 15 is 0 Å². The second-order valence-corrected chi connectivity index (χ2v) is 4.43. The first-order chi connectivity index (χ1) is 5.17.